The third-order valence-corrected chi connectivity index (χ3v) is 10.8. The smallest absolute Gasteiger partial charge is 0.244 e. The van der Waals surface area contributed by atoms with Crippen molar-refractivity contribution in [2.45, 2.75) is 136 Å². The molecule has 60 heavy (non-hydrogen) atoms. The zero-order chi connectivity index (χ0) is 45.1. The lowest BCUT2D eigenvalue weighted by Gasteiger charge is -2.29. The van der Waals surface area contributed by atoms with Crippen LogP contribution in [-0.2, 0) is 49.6 Å². The number of nitrogens with two attached hydrogens (primary N) is 1. The van der Waals surface area contributed by atoms with Crippen molar-refractivity contribution in [3.05, 3.63) is 35.9 Å². The van der Waals surface area contributed by atoms with E-state index in [1.54, 1.807) is 44.2 Å². The molecule has 330 valence electrons. The first-order valence-corrected chi connectivity index (χ1v) is 21.3. The zero-order valence-electron chi connectivity index (χ0n) is 35.6. The van der Waals surface area contributed by atoms with E-state index in [4.69, 9.17) is 12.2 Å². The minimum Gasteiger partial charge on any atom is -0.370 e. The maximum atomic E-state index is 13.9. The van der Waals surface area contributed by atoms with Crippen molar-refractivity contribution in [1.82, 2.24) is 37.2 Å². The number of terminal acetylenes is 1. The van der Waals surface area contributed by atoms with Gasteiger partial charge in [0.25, 0.3) is 0 Å². The molecule has 0 radical (unpaired) electrons. The molecule has 1 aliphatic rings. The summed E-state index contributed by atoms with van der Waals surface area (Å²) in [6.45, 7) is 12.3. The van der Waals surface area contributed by atoms with Crippen LogP contribution in [0.15, 0.2) is 30.3 Å². The zero-order valence-corrected chi connectivity index (χ0v) is 36.4. The molecule has 1 aromatic rings. The summed E-state index contributed by atoms with van der Waals surface area (Å²) in [6, 6.07) is -0.00942. The molecule has 9 N–H and O–H groups in total. The number of carbonyl (C=O) groups is 9. The van der Waals surface area contributed by atoms with Gasteiger partial charge in [-0.05, 0) is 43.1 Å². The Labute approximate surface area is 356 Å². The van der Waals surface area contributed by atoms with Gasteiger partial charge in [0.2, 0.25) is 52.4 Å². The first-order chi connectivity index (χ1) is 28.2. The molecule has 1 fully saturated rings. The van der Waals surface area contributed by atoms with Crippen molar-refractivity contribution in [2.75, 3.05) is 5.75 Å². The van der Waals surface area contributed by atoms with Crippen molar-refractivity contribution in [1.29, 1.82) is 0 Å². The molecular weight excluding hydrogens is 793 g/mol. The van der Waals surface area contributed by atoms with Crippen LogP contribution in [0, 0.1) is 30.1 Å². The highest BCUT2D eigenvalue weighted by Crippen LogP contribution is 2.17. The summed E-state index contributed by atoms with van der Waals surface area (Å²) in [4.78, 5) is 121. The highest BCUT2D eigenvalue weighted by molar-refractivity contribution is 8.13. The van der Waals surface area contributed by atoms with Crippen LogP contribution in [0.3, 0.4) is 0 Å². The lowest BCUT2D eigenvalue weighted by atomic mass is 9.97. The van der Waals surface area contributed by atoms with E-state index in [2.05, 4.69) is 43.1 Å². The Morgan fingerprint density at radius 3 is 1.98 bits per heavy atom. The van der Waals surface area contributed by atoms with E-state index in [0.29, 0.717) is 23.7 Å². The Balaban J connectivity index is 2.54. The number of amides is 8. The van der Waals surface area contributed by atoms with Gasteiger partial charge in [-0.2, -0.15) is 0 Å². The molecule has 0 spiro atoms. The Kier molecular flexibility index (Phi) is 21.3. The first kappa shape index (κ1) is 50.7. The fraction of sp³-hybridized carbons (Fsp3) is 0.595. The summed E-state index contributed by atoms with van der Waals surface area (Å²) in [5.41, 5.74) is 6.17. The van der Waals surface area contributed by atoms with Gasteiger partial charge < -0.3 is 43.0 Å². The summed E-state index contributed by atoms with van der Waals surface area (Å²) in [7, 11) is 0. The van der Waals surface area contributed by atoms with Gasteiger partial charge in [-0.3, -0.25) is 43.2 Å². The molecule has 0 saturated carbocycles. The van der Waals surface area contributed by atoms with Gasteiger partial charge in [-0.15, -0.1) is 12.3 Å². The standard InChI is InChI=1S/C42H62N8O9S/c1-9-11-17-34(52)50-35(25(7)10-2)41(58)47-30(21-33(43)51)39(56)49-32-22-60-42(59)31(19-24(5)6)48-37(54)28(18-23(3)4)46-38(55)29(20-27-15-13-12-14-16-27)45-36(53)26(8)44-40(32)57/h1,12-16,23-26,28-32,35H,10-11,17-22H2,2-8H3,(H2,43,51)(H,44,57)(H,45,53)(H,46,55)(H,47,58)(H,48,54)(H,49,56)(H,50,52)/t25-,26-,28-,29-,30-,31-,32-,35-/m0/s1. The molecule has 0 bridgehead atoms. The summed E-state index contributed by atoms with van der Waals surface area (Å²) in [6.07, 6.45) is 5.58. The van der Waals surface area contributed by atoms with E-state index in [9.17, 15) is 43.2 Å². The lowest BCUT2D eigenvalue weighted by Crippen LogP contribution is -2.61. The van der Waals surface area contributed by atoms with Crippen molar-refractivity contribution < 1.29 is 43.2 Å². The molecular formula is C42H62N8O9S. The van der Waals surface area contributed by atoms with Gasteiger partial charge in [0, 0.05) is 25.0 Å². The predicted molar refractivity (Wildman–Crippen MR) is 227 cm³/mol. The minimum atomic E-state index is -1.62. The quantitative estimate of drug-likeness (QED) is 0.0997. The molecule has 17 nitrogen and oxygen atoms in total. The molecule has 2 rings (SSSR count). The number of primary amides is 1. The van der Waals surface area contributed by atoms with E-state index < -0.39 is 113 Å². The molecule has 1 aromatic carbocycles. The fourth-order valence-electron chi connectivity index (χ4n) is 6.19. The fourth-order valence-corrected chi connectivity index (χ4v) is 7.12. The Morgan fingerprint density at radius 2 is 1.40 bits per heavy atom. The molecule has 1 heterocycles. The Bertz CT molecular complexity index is 1730. The molecule has 1 aliphatic heterocycles. The highest BCUT2D eigenvalue weighted by Gasteiger charge is 2.36. The molecule has 8 amide bonds. The highest BCUT2D eigenvalue weighted by atomic mass is 32.2. The minimum absolute atomic E-state index is 0.0400. The van der Waals surface area contributed by atoms with Gasteiger partial charge in [0.05, 0.1) is 12.5 Å². The monoisotopic (exact) mass is 854 g/mol. The van der Waals surface area contributed by atoms with Crippen molar-refractivity contribution in [3.63, 3.8) is 0 Å². The number of benzene rings is 1. The third-order valence-electron chi connectivity index (χ3n) is 9.69. The van der Waals surface area contributed by atoms with Crippen molar-refractivity contribution >= 4 is 64.1 Å². The number of thioether (sulfide) groups is 1. The van der Waals surface area contributed by atoms with Crippen LogP contribution < -0.4 is 43.0 Å². The summed E-state index contributed by atoms with van der Waals surface area (Å²) in [5.74, 6) is -4.81. The van der Waals surface area contributed by atoms with Crippen molar-refractivity contribution in [3.8, 4) is 12.3 Å². The predicted octanol–water partition coefficient (Wildman–Crippen LogP) is 0.343. The third kappa shape index (κ3) is 17.4. The first-order valence-electron chi connectivity index (χ1n) is 20.3. The second-order valence-corrected chi connectivity index (χ2v) is 16.9. The van der Waals surface area contributed by atoms with Gasteiger partial charge in [-0.25, -0.2) is 0 Å². The summed E-state index contributed by atoms with van der Waals surface area (Å²) in [5, 5.41) is 17.8. The molecule has 0 unspecified atom stereocenters. The second kappa shape index (κ2) is 25.2. The molecule has 18 heteroatoms. The number of hydrogen-bond acceptors (Lipinski definition) is 10. The normalized spacial score (nSPS) is 22.2. The molecule has 8 atom stereocenters. The maximum Gasteiger partial charge on any atom is 0.244 e. The summed E-state index contributed by atoms with van der Waals surface area (Å²) >= 11 is 0.645. The van der Waals surface area contributed by atoms with E-state index in [1.807, 2.05) is 27.7 Å². The SMILES string of the molecule is C#CCCC(=O)N[C@H](C(=O)N[C@@H](CC(N)=O)C(=O)N[C@H]1CSC(=O)[C@H](CC(C)C)NC(=O)[C@H](CC(C)C)NC(=O)[C@H](Cc2ccccc2)NC(=O)[C@H](C)NC1=O)[C@@H](C)CC. The Hall–Kier alpha value is -5.44. The maximum absolute atomic E-state index is 13.9. The molecule has 0 aliphatic carbocycles. The van der Waals surface area contributed by atoms with E-state index in [-0.39, 0.29) is 43.9 Å². The van der Waals surface area contributed by atoms with Gasteiger partial charge in [0.1, 0.15) is 36.3 Å². The van der Waals surface area contributed by atoms with Crippen LogP contribution in [0.5, 0.6) is 0 Å². The van der Waals surface area contributed by atoms with E-state index in [0.717, 1.165) is 0 Å². The number of nitrogens with one attached hydrogen (secondary N) is 7. The molecule has 0 aromatic heterocycles. The number of rotatable bonds is 17. The van der Waals surface area contributed by atoms with Crippen LogP contribution in [0.2, 0.25) is 0 Å². The largest absolute Gasteiger partial charge is 0.370 e. The van der Waals surface area contributed by atoms with Crippen LogP contribution in [0.4, 0.5) is 0 Å². The summed E-state index contributed by atoms with van der Waals surface area (Å²) < 4.78 is 0. The number of hydrogen-bond donors (Lipinski definition) is 8. The van der Waals surface area contributed by atoms with Crippen LogP contribution in [-0.4, -0.2) is 100 Å². The average molecular weight is 855 g/mol. The van der Waals surface area contributed by atoms with Crippen molar-refractivity contribution in [2.24, 2.45) is 23.5 Å². The van der Waals surface area contributed by atoms with Gasteiger partial charge in [0.15, 0.2) is 0 Å². The Morgan fingerprint density at radius 1 is 0.817 bits per heavy atom. The van der Waals surface area contributed by atoms with Crippen LogP contribution >= 0.6 is 11.8 Å². The lowest BCUT2D eigenvalue weighted by molar-refractivity contribution is -0.136. The number of carbonyl (C=O) groups excluding carboxylic acids is 9. The average Bonchev–Trinajstić information content (AvgIpc) is 3.18. The second-order valence-electron chi connectivity index (χ2n) is 15.9. The van der Waals surface area contributed by atoms with Crippen LogP contribution in [0.25, 0.3) is 0 Å². The van der Waals surface area contributed by atoms with Gasteiger partial charge in [-0.1, -0.05) is 90.1 Å². The topological polar surface area (TPSA) is 264 Å². The molecule has 1 saturated heterocycles. The van der Waals surface area contributed by atoms with Crippen LogP contribution in [0.1, 0.15) is 92.6 Å². The van der Waals surface area contributed by atoms with Gasteiger partial charge >= 0.3 is 0 Å². The van der Waals surface area contributed by atoms with E-state index in [1.165, 1.54) is 6.92 Å². The van der Waals surface area contributed by atoms with E-state index >= 15 is 0 Å².